The third kappa shape index (κ3) is 7.01. The van der Waals surface area contributed by atoms with Crippen molar-refractivity contribution in [3.05, 3.63) is 59.7 Å². The Morgan fingerprint density at radius 3 is 1.56 bits per heavy atom. The van der Waals surface area contributed by atoms with Crippen LogP contribution in [-0.2, 0) is 17.7 Å². The summed E-state index contributed by atoms with van der Waals surface area (Å²) in [7, 11) is 1.59. The number of hydrazine groups is 2. The summed E-state index contributed by atoms with van der Waals surface area (Å²) in [6.07, 6.45) is 3.57. The van der Waals surface area contributed by atoms with Gasteiger partial charge in [-0.15, -0.1) is 12.4 Å². The number of hydrogen-bond donors (Lipinski definition) is 4. The minimum Gasteiger partial charge on any atom is -0.399 e. The summed E-state index contributed by atoms with van der Waals surface area (Å²) in [6, 6.07) is 16.1. The monoisotopic (exact) mass is 363 g/mol. The maximum atomic E-state index is 5.38. The molecule has 0 unspecified atom stereocenters. The van der Waals surface area contributed by atoms with Gasteiger partial charge in [-0.2, -0.15) is 0 Å². The van der Waals surface area contributed by atoms with Gasteiger partial charge in [0.1, 0.15) is 7.11 Å². The second-order valence-corrected chi connectivity index (χ2v) is 5.52. The molecule has 2 aromatic rings. The smallest absolute Gasteiger partial charge is 0.106 e. The highest BCUT2D eigenvalue weighted by Gasteiger charge is 2.04. The lowest BCUT2D eigenvalue weighted by molar-refractivity contribution is 0.211. The van der Waals surface area contributed by atoms with Gasteiger partial charge in [0.2, 0.25) is 0 Å². The Morgan fingerprint density at radius 2 is 1.24 bits per heavy atom. The van der Waals surface area contributed by atoms with Crippen LogP contribution in [0.1, 0.15) is 24.0 Å². The molecule has 0 aliphatic rings. The molecule has 0 saturated heterocycles. The zero-order chi connectivity index (χ0) is 17.2. The van der Waals surface area contributed by atoms with Crippen molar-refractivity contribution >= 4 is 29.5 Å². The Bertz CT molecular complexity index is 590. The second-order valence-electron chi connectivity index (χ2n) is 5.52. The Morgan fingerprint density at radius 1 is 0.840 bits per heavy atom. The summed E-state index contributed by atoms with van der Waals surface area (Å²) in [6.45, 7) is 0. The standard InChI is InChI=1S/C18H25N5O.ClH/c1-24-23-18(12-6-14-2-8-16(21-19)9-3-14)13-7-15-4-10-17(22-20)11-5-15;/h2-5,8-11,21-22H,6-7,12-13,19-20H2,1H3;1H. The van der Waals surface area contributed by atoms with Crippen LogP contribution in [-0.4, -0.2) is 12.8 Å². The molecule has 0 aromatic heterocycles. The van der Waals surface area contributed by atoms with Crippen molar-refractivity contribution in [1.29, 1.82) is 0 Å². The van der Waals surface area contributed by atoms with Gasteiger partial charge in [-0.25, -0.2) is 0 Å². The lowest BCUT2D eigenvalue weighted by atomic mass is 10.0. The van der Waals surface area contributed by atoms with Crippen LogP contribution in [0, 0.1) is 0 Å². The van der Waals surface area contributed by atoms with Crippen molar-refractivity contribution in [1.82, 2.24) is 0 Å². The number of halogens is 1. The molecule has 25 heavy (non-hydrogen) atoms. The molecule has 0 bridgehead atoms. The average Bonchev–Trinajstić information content (AvgIpc) is 2.65. The Labute approximate surface area is 155 Å². The van der Waals surface area contributed by atoms with Gasteiger partial charge in [0, 0.05) is 11.4 Å². The molecular weight excluding hydrogens is 338 g/mol. The molecule has 7 heteroatoms. The van der Waals surface area contributed by atoms with Gasteiger partial charge in [0.25, 0.3) is 0 Å². The molecule has 0 amide bonds. The maximum Gasteiger partial charge on any atom is 0.106 e. The SMILES string of the molecule is CON=C(CCc1ccc(NN)cc1)CCc1ccc(NN)cc1.Cl. The van der Waals surface area contributed by atoms with Crippen LogP contribution in [0.3, 0.4) is 0 Å². The van der Waals surface area contributed by atoms with Crippen molar-refractivity contribution in [2.45, 2.75) is 25.7 Å². The zero-order valence-electron chi connectivity index (χ0n) is 14.4. The number of nitrogens with zero attached hydrogens (tertiary/aromatic N) is 1. The molecule has 0 heterocycles. The lowest BCUT2D eigenvalue weighted by Crippen LogP contribution is -2.07. The summed E-state index contributed by atoms with van der Waals surface area (Å²) in [5.41, 5.74) is 10.6. The topological polar surface area (TPSA) is 97.7 Å². The highest BCUT2D eigenvalue weighted by Crippen LogP contribution is 2.13. The third-order valence-corrected chi connectivity index (χ3v) is 3.87. The minimum atomic E-state index is 0. The number of hydrogen-bond acceptors (Lipinski definition) is 6. The number of benzene rings is 2. The summed E-state index contributed by atoms with van der Waals surface area (Å²) < 4.78 is 0. The first-order valence-electron chi connectivity index (χ1n) is 7.95. The van der Waals surface area contributed by atoms with E-state index >= 15 is 0 Å². The number of oxime groups is 1. The largest absolute Gasteiger partial charge is 0.399 e. The molecule has 2 aromatic carbocycles. The molecule has 136 valence electrons. The fourth-order valence-corrected chi connectivity index (χ4v) is 2.46. The Balaban J connectivity index is 0.00000312. The minimum absolute atomic E-state index is 0. The molecule has 0 radical (unpaired) electrons. The van der Waals surface area contributed by atoms with E-state index in [0.717, 1.165) is 42.8 Å². The molecule has 0 spiro atoms. The highest BCUT2D eigenvalue weighted by atomic mass is 35.5. The van der Waals surface area contributed by atoms with E-state index in [2.05, 4.69) is 40.3 Å². The van der Waals surface area contributed by atoms with Crippen LogP contribution in [0.5, 0.6) is 0 Å². The van der Waals surface area contributed by atoms with Crippen molar-refractivity contribution < 1.29 is 4.84 Å². The van der Waals surface area contributed by atoms with E-state index in [4.69, 9.17) is 16.5 Å². The van der Waals surface area contributed by atoms with Crippen LogP contribution >= 0.6 is 12.4 Å². The average molecular weight is 364 g/mol. The molecular formula is C18H26ClN5O. The molecule has 0 aliphatic carbocycles. The highest BCUT2D eigenvalue weighted by molar-refractivity contribution is 5.85. The molecule has 0 saturated carbocycles. The molecule has 0 aliphatic heterocycles. The summed E-state index contributed by atoms with van der Waals surface area (Å²) in [5, 5.41) is 4.17. The number of aryl methyl sites for hydroxylation is 2. The zero-order valence-corrected chi connectivity index (χ0v) is 15.2. The van der Waals surface area contributed by atoms with E-state index in [0.29, 0.717) is 0 Å². The maximum absolute atomic E-state index is 5.38. The second kappa shape index (κ2) is 11.3. The summed E-state index contributed by atoms with van der Waals surface area (Å²) >= 11 is 0. The first-order chi connectivity index (χ1) is 11.7. The van der Waals surface area contributed by atoms with Crippen LogP contribution < -0.4 is 22.5 Å². The first-order valence-corrected chi connectivity index (χ1v) is 7.95. The molecule has 6 nitrogen and oxygen atoms in total. The predicted molar refractivity (Wildman–Crippen MR) is 107 cm³/mol. The van der Waals surface area contributed by atoms with E-state index in [9.17, 15) is 0 Å². The molecule has 2 rings (SSSR count). The van der Waals surface area contributed by atoms with Crippen LogP contribution in [0.2, 0.25) is 0 Å². The number of nitrogens with one attached hydrogen (secondary N) is 2. The van der Waals surface area contributed by atoms with Crippen molar-refractivity contribution in [2.24, 2.45) is 16.8 Å². The van der Waals surface area contributed by atoms with E-state index in [-0.39, 0.29) is 12.4 Å². The van der Waals surface area contributed by atoms with Gasteiger partial charge in [-0.3, -0.25) is 11.7 Å². The van der Waals surface area contributed by atoms with Crippen LogP contribution in [0.15, 0.2) is 53.7 Å². The van der Waals surface area contributed by atoms with Crippen LogP contribution in [0.25, 0.3) is 0 Å². The summed E-state index contributed by atoms with van der Waals surface area (Å²) in [5.74, 6) is 10.8. The number of nitrogens with two attached hydrogens (primary N) is 2. The number of nitrogen functional groups attached to an aromatic ring is 2. The number of rotatable bonds is 9. The van der Waals surface area contributed by atoms with Crippen LogP contribution in [0.4, 0.5) is 11.4 Å². The van der Waals surface area contributed by atoms with Gasteiger partial charge in [0.05, 0.1) is 5.71 Å². The van der Waals surface area contributed by atoms with E-state index in [1.165, 1.54) is 11.1 Å². The first kappa shape index (κ1) is 20.8. The predicted octanol–water partition coefficient (Wildman–Crippen LogP) is 3.25. The van der Waals surface area contributed by atoms with Gasteiger partial charge in [0.15, 0.2) is 0 Å². The van der Waals surface area contributed by atoms with Crippen molar-refractivity contribution in [3.63, 3.8) is 0 Å². The fourth-order valence-electron chi connectivity index (χ4n) is 2.46. The van der Waals surface area contributed by atoms with Gasteiger partial charge in [-0.05, 0) is 61.1 Å². The third-order valence-electron chi connectivity index (χ3n) is 3.87. The van der Waals surface area contributed by atoms with E-state index in [1.54, 1.807) is 7.11 Å². The molecule has 0 atom stereocenters. The van der Waals surface area contributed by atoms with Crippen molar-refractivity contribution in [3.8, 4) is 0 Å². The molecule has 6 N–H and O–H groups in total. The van der Waals surface area contributed by atoms with Gasteiger partial charge < -0.3 is 15.7 Å². The van der Waals surface area contributed by atoms with Crippen molar-refractivity contribution in [2.75, 3.05) is 18.0 Å². The summed E-state index contributed by atoms with van der Waals surface area (Å²) in [4.78, 5) is 4.99. The van der Waals surface area contributed by atoms with Gasteiger partial charge in [-0.1, -0.05) is 29.4 Å². The van der Waals surface area contributed by atoms with Gasteiger partial charge >= 0.3 is 0 Å². The van der Waals surface area contributed by atoms with E-state index in [1.807, 2.05) is 24.3 Å². The lowest BCUT2D eigenvalue weighted by Gasteiger charge is -2.08. The Hall–Kier alpha value is -2.28. The normalized spacial score (nSPS) is 9.72. The fraction of sp³-hybridized carbons (Fsp3) is 0.278. The Kier molecular flexibility index (Phi) is 9.39. The number of anilines is 2. The van der Waals surface area contributed by atoms with E-state index < -0.39 is 0 Å². The quantitative estimate of drug-likeness (QED) is 0.311. The molecule has 0 fully saturated rings.